The average Bonchev–Trinajstić information content (AvgIpc) is 3.13. The Labute approximate surface area is 152 Å². The second-order valence-electron chi connectivity index (χ2n) is 6.35. The van der Waals surface area contributed by atoms with Crippen LogP contribution in [0.2, 0.25) is 5.02 Å². The molecule has 0 unspecified atom stereocenters. The van der Waals surface area contributed by atoms with Crippen LogP contribution in [0.3, 0.4) is 0 Å². The summed E-state index contributed by atoms with van der Waals surface area (Å²) in [5, 5.41) is 4.70. The number of primary amides is 1. The van der Waals surface area contributed by atoms with E-state index in [1.54, 1.807) is 12.3 Å². The quantitative estimate of drug-likeness (QED) is 0.844. The maximum Gasteiger partial charge on any atom is 0.250 e. The van der Waals surface area contributed by atoms with Gasteiger partial charge in [-0.15, -0.1) is 0 Å². The second-order valence-corrected chi connectivity index (χ2v) is 6.75. The molecular formula is C17H23ClN6O. The Morgan fingerprint density at radius 1 is 1.40 bits per heavy atom. The number of amides is 1. The topological polar surface area (TPSA) is 80.3 Å². The molecule has 1 aliphatic heterocycles. The van der Waals surface area contributed by atoms with Crippen LogP contribution in [0.1, 0.15) is 23.2 Å². The van der Waals surface area contributed by atoms with Crippen molar-refractivity contribution >= 4 is 23.3 Å². The number of rotatable bonds is 6. The molecule has 2 aromatic rings. The van der Waals surface area contributed by atoms with E-state index in [0.29, 0.717) is 22.4 Å². The lowest BCUT2D eigenvalue weighted by Crippen LogP contribution is -2.44. The first kappa shape index (κ1) is 17.7. The summed E-state index contributed by atoms with van der Waals surface area (Å²) in [4.78, 5) is 20.1. The smallest absolute Gasteiger partial charge is 0.250 e. The van der Waals surface area contributed by atoms with E-state index in [4.69, 9.17) is 17.3 Å². The highest BCUT2D eigenvalue weighted by Gasteiger charge is 2.24. The second kappa shape index (κ2) is 7.84. The summed E-state index contributed by atoms with van der Waals surface area (Å²) >= 11 is 6.29. The van der Waals surface area contributed by atoms with Crippen molar-refractivity contribution in [3.8, 4) is 0 Å². The minimum absolute atomic E-state index is 0.329. The number of nitrogens with two attached hydrogens (primary N) is 1. The number of pyridine rings is 1. The predicted octanol–water partition coefficient (Wildman–Crippen LogP) is 1.63. The van der Waals surface area contributed by atoms with E-state index in [0.717, 1.165) is 39.0 Å². The van der Waals surface area contributed by atoms with Crippen molar-refractivity contribution in [2.45, 2.75) is 25.4 Å². The zero-order valence-corrected chi connectivity index (χ0v) is 15.1. The lowest BCUT2D eigenvalue weighted by Gasteiger charge is -2.37. The fourth-order valence-electron chi connectivity index (χ4n) is 3.20. The van der Waals surface area contributed by atoms with Crippen LogP contribution in [-0.2, 0) is 6.54 Å². The number of likely N-dealkylation sites (tertiary alicyclic amines) is 1. The van der Waals surface area contributed by atoms with E-state index < -0.39 is 5.91 Å². The van der Waals surface area contributed by atoms with Crippen molar-refractivity contribution in [1.29, 1.82) is 0 Å². The lowest BCUT2D eigenvalue weighted by molar-refractivity contribution is 0.1000. The van der Waals surface area contributed by atoms with Gasteiger partial charge in [-0.25, -0.2) is 4.98 Å². The maximum atomic E-state index is 11.2. The van der Waals surface area contributed by atoms with Crippen LogP contribution in [0.25, 0.3) is 0 Å². The Balaban J connectivity index is 1.54. The van der Waals surface area contributed by atoms with Gasteiger partial charge in [0, 0.05) is 51.3 Å². The molecule has 1 amide bonds. The van der Waals surface area contributed by atoms with E-state index >= 15 is 0 Å². The Morgan fingerprint density at radius 2 is 2.16 bits per heavy atom. The van der Waals surface area contributed by atoms with Gasteiger partial charge in [0.05, 0.1) is 17.1 Å². The minimum Gasteiger partial charge on any atom is -0.366 e. The van der Waals surface area contributed by atoms with E-state index in [2.05, 4.69) is 19.9 Å². The predicted molar refractivity (Wildman–Crippen MR) is 97.9 cm³/mol. The molecule has 25 heavy (non-hydrogen) atoms. The number of hydrogen-bond donors (Lipinski definition) is 1. The molecular weight excluding hydrogens is 340 g/mol. The molecule has 0 aromatic carbocycles. The number of anilines is 1. The number of carbonyl (C=O) groups excluding carboxylic acids is 1. The lowest BCUT2D eigenvalue weighted by atomic mass is 10.0. The van der Waals surface area contributed by atoms with Gasteiger partial charge in [0.2, 0.25) is 5.91 Å². The Kier molecular flexibility index (Phi) is 5.55. The summed E-state index contributed by atoms with van der Waals surface area (Å²) in [6, 6.07) is 3.91. The molecule has 134 valence electrons. The largest absolute Gasteiger partial charge is 0.366 e. The van der Waals surface area contributed by atoms with Crippen molar-refractivity contribution in [3.63, 3.8) is 0 Å². The van der Waals surface area contributed by atoms with Crippen molar-refractivity contribution in [2.75, 3.05) is 31.6 Å². The molecule has 2 aromatic heterocycles. The summed E-state index contributed by atoms with van der Waals surface area (Å²) < 4.78 is 1.96. The third-order valence-electron chi connectivity index (χ3n) is 4.75. The molecule has 1 aliphatic rings. The molecule has 0 aliphatic carbocycles. The first-order valence-corrected chi connectivity index (χ1v) is 8.80. The molecule has 0 bridgehead atoms. The number of halogens is 1. The molecule has 7 nitrogen and oxygen atoms in total. The standard InChI is InChI=1S/C17H23ClN6O/c1-22(17-15(18)11-13(12-20-17)16(19)25)14-3-7-23(8-4-14)9-10-24-6-2-5-21-24/h2,5-6,11-12,14H,3-4,7-10H2,1H3,(H2,19,25). The van der Waals surface area contributed by atoms with Gasteiger partial charge in [0.15, 0.2) is 0 Å². The van der Waals surface area contributed by atoms with Crippen LogP contribution in [0.5, 0.6) is 0 Å². The van der Waals surface area contributed by atoms with E-state index in [1.165, 1.54) is 6.20 Å². The molecule has 1 fully saturated rings. The third kappa shape index (κ3) is 4.29. The van der Waals surface area contributed by atoms with E-state index in [-0.39, 0.29) is 0 Å². The fourth-order valence-corrected chi connectivity index (χ4v) is 3.50. The Hall–Kier alpha value is -2.12. The normalized spacial score (nSPS) is 16.1. The third-order valence-corrected chi connectivity index (χ3v) is 5.03. The number of piperidine rings is 1. The van der Waals surface area contributed by atoms with Gasteiger partial charge in [-0.05, 0) is 25.0 Å². The monoisotopic (exact) mass is 362 g/mol. The number of aromatic nitrogens is 3. The van der Waals surface area contributed by atoms with Gasteiger partial charge < -0.3 is 15.5 Å². The molecule has 8 heteroatoms. The number of carbonyl (C=O) groups is 1. The molecule has 3 rings (SSSR count). The first-order chi connectivity index (χ1) is 12.0. The molecule has 0 radical (unpaired) electrons. The van der Waals surface area contributed by atoms with Crippen LogP contribution in [-0.4, -0.2) is 58.3 Å². The summed E-state index contributed by atoms with van der Waals surface area (Å²) in [5.74, 6) is 0.177. The zero-order chi connectivity index (χ0) is 17.8. The van der Waals surface area contributed by atoms with Crippen molar-refractivity contribution in [1.82, 2.24) is 19.7 Å². The number of hydrogen-bond acceptors (Lipinski definition) is 5. The van der Waals surface area contributed by atoms with Crippen LogP contribution in [0, 0.1) is 0 Å². The van der Waals surface area contributed by atoms with Gasteiger partial charge >= 0.3 is 0 Å². The van der Waals surface area contributed by atoms with Gasteiger partial charge in [0.1, 0.15) is 5.82 Å². The Morgan fingerprint density at radius 3 is 2.76 bits per heavy atom. The van der Waals surface area contributed by atoms with Crippen molar-refractivity contribution in [2.24, 2.45) is 5.73 Å². The van der Waals surface area contributed by atoms with Crippen molar-refractivity contribution in [3.05, 3.63) is 41.3 Å². The highest BCUT2D eigenvalue weighted by atomic mass is 35.5. The van der Waals surface area contributed by atoms with Crippen molar-refractivity contribution < 1.29 is 4.79 Å². The average molecular weight is 363 g/mol. The molecule has 2 N–H and O–H groups in total. The summed E-state index contributed by atoms with van der Waals surface area (Å²) in [6.45, 7) is 3.99. The van der Waals surface area contributed by atoms with Crippen LogP contribution in [0.4, 0.5) is 5.82 Å². The minimum atomic E-state index is -0.519. The molecule has 0 saturated carbocycles. The fraction of sp³-hybridized carbons (Fsp3) is 0.471. The Bertz CT molecular complexity index is 712. The highest BCUT2D eigenvalue weighted by Crippen LogP contribution is 2.27. The molecule has 1 saturated heterocycles. The molecule has 0 spiro atoms. The summed E-state index contributed by atoms with van der Waals surface area (Å²) in [6.07, 6.45) is 7.38. The van der Waals surface area contributed by atoms with E-state index in [9.17, 15) is 4.79 Å². The van der Waals surface area contributed by atoms with Gasteiger partial charge in [-0.1, -0.05) is 11.6 Å². The van der Waals surface area contributed by atoms with Crippen LogP contribution < -0.4 is 10.6 Å². The molecule has 0 atom stereocenters. The first-order valence-electron chi connectivity index (χ1n) is 8.42. The van der Waals surface area contributed by atoms with Gasteiger partial charge in [-0.3, -0.25) is 9.48 Å². The van der Waals surface area contributed by atoms with E-state index in [1.807, 2.05) is 24.0 Å². The van der Waals surface area contributed by atoms with Gasteiger partial charge in [0.25, 0.3) is 0 Å². The van der Waals surface area contributed by atoms with Gasteiger partial charge in [-0.2, -0.15) is 5.10 Å². The summed E-state index contributed by atoms with van der Waals surface area (Å²) in [5.41, 5.74) is 5.60. The maximum absolute atomic E-state index is 11.2. The highest BCUT2D eigenvalue weighted by molar-refractivity contribution is 6.33. The zero-order valence-electron chi connectivity index (χ0n) is 14.3. The molecule has 3 heterocycles. The summed E-state index contributed by atoms with van der Waals surface area (Å²) in [7, 11) is 2.00. The van der Waals surface area contributed by atoms with Crippen LogP contribution >= 0.6 is 11.6 Å². The number of nitrogens with zero attached hydrogens (tertiary/aromatic N) is 5. The van der Waals surface area contributed by atoms with Crippen LogP contribution in [0.15, 0.2) is 30.7 Å². The SMILES string of the molecule is CN(c1ncc(C(N)=O)cc1Cl)C1CCN(CCn2cccn2)CC1.